The molecule has 0 spiro atoms. The highest BCUT2D eigenvalue weighted by Gasteiger charge is 2.27. The van der Waals surface area contributed by atoms with Gasteiger partial charge in [-0.2, -0.15) is 0 Å². The molecule has 1 aliphatic rings. The summed E-state index contributed by atoms with van der Waals surface area (Å²) in [6.45, 7) is 2.57. The fourth-order valence-electron chi connectivity index (χ4n) is 2.34. The van der Waals surface area contributed by atoms with Gasteiger partial charge in [-0.1, -0.05) is 0 Å². The van der Waals surface area contributed by atoms with E-state index in [-0.39, 0.29) is 23.2 Å². The van der Waals surface area contributed by atoms with E-state index in [1.54, 1.807) is 4.90 Å². The zero-order chi connectivity index (χ0) is 14.0. The first-order chi connectivity index (χ1) is 8.99. The molecule has 1 aromatic carbocycles. The fourth-order valence-corrected chi connectivity index (χ4v) is 2.34. The number of nitrogens with zero attached hydrogens (tertiary/aromatic N) is 1. The number of hydrogen-bond donors (Lipinski definition) is 0. The van der Waals surface area contributed by atoms with E-state index in [9.17, 15) is 18.4 Å². The Morgan fingerprint density at radius 3 is 2.32 bits per heavy atom. The number of rotatable bonds is 2. The number of piperidine rings is 1. The van der Waals surface area contributed by atoms with Gasteiger partial charge in [-0.05, 0) is 31.0 Å². The molecule has 19 heavy (non-hydrogen) atoms. The van der Waals surface area contributed by atoms with Crippen molar-refractivity contribution in [1.82, 2.24) is 4.90 Å². The summed E-state index contributed by atoms with van der Waals surface area (Å²) < 4.78 is 25.9. The van der Waals surface area contributed by atoms with Crippen LogP contribution in [0.1, 0.15) is 30.1 Å². The molecule has 102 valence electrons. The van der Waals surface area contributed by atoms with E-state index in [1.807, 2.05) is 0 Å². The van der Waals surface area contributed by atoms with Crippen LogP contribution in [0.25, 0.3) is 0 Å². The lowest BCUT2D eigenvalue weighted by molar-refractivity contribution is -0.130. The predicted molar refractivity (Wildman–Crippen MR) is 65.7 cm³/mol. The molecule has 1 amide bonds. The van der Waals surface area contributed by atoms with Gasteiger partial charge in [0.15, 0.2) is 17.4 Å². The smallest absolute Gasteiger partial charge is 0.219 e. The number of benzene rings is 1. The summed E-state index contributed by atoms with van der Waals surface area (Å²) in [4.78, 5) is 25.0. The summed E-state index contributed by atoms with van der Waals surface area (Å²) in [5.41, 5.74) is 0.195. The van der Waals surface area contributed by atoms with Crippen LogP contribution in [0.4, 0.5) is 8.78 Å². The third kappa shape index (κ3) is 2.97. The normalized spacial score (nSPS) is 16.5. The van der Waals surface area contributed by atoms with Gasteiger partial charge in [-0.3, -0.25) is 9.59 Å². The Bertz CT molecular complexity index is 508. The Kier molecular flexibility index (Phi) is 3.93. The number of carbonyl (C=O) groups is 2. The summed E-state index contributed by atoms with van der Waals surface area (Å²) in [5, 5.41) is 0. The minimum absolute atomic E-state index is 0.00118. The highest BCUT2D eigenvalue weighted by Crippen LogP contribution is 2.22. The molecule has 1 saturated heterocycles. The summed E-state index contributed by atoms with van der Waals surface area (Å²) >= 11 is 0. The molecular formula is C14H15F2NO2. The van der Waals surface area contributed by atoms with Crippen LogP contribution in [0.15, 0.2) is 18.2 Å². The second-order valence-corrected chi connectivity index (χ2v) is 4.77. The Morgan fingerprint density at radius 2 is 1.79 bits per heavy atom. The molecule has 1 fully saturated rings. The third-order valence-corrected chi connectivity index (χ3v) is 3.52. The molecular weight excluding hydrogens is 252 g/mol. The summed E-state index contributed by atoms with van der Waals surface area (Å²) in [6, 6.07) is 3.21. The van der Waals surface area contributed by atoms with Crippen LogP contribution in [0.5, 0.6) is 0 Å². The molecule has 3 nitrogen and oxygen atoms in total. The summed E-state index contributed by atoms with van der Waals surface area (Å²) in [5.74, 6) is -2.36. The molecule has 0 aliphatic carbocycles. The molecule has 0 radical (unpaired) electrons. The van der Waals surface area contributed by atoms with Crippen molar-refractivity contribution in [3.05, 3.63) is 35.4 Å². The van der Waals surface area contributed by atoms with Crippen LogP contribution in [-0.2, 0) is 4.79 Å². The lowest BCUT2D eigenvalue weighted by Gasteiger charge is -2.30. The Morgan fingerprint density at radius 1 is 1.16 bits per heavy atom. The SMILES string of the molecule is CC(=O)N1CCC(C(=O)c2ccc(F)c(F)c2)CC1. The zero-order valence-electron chi connectivity index (χ0n) is 10.7. The molecule has 0 N–H and O–H groups in total. The third-order valence-electron chi connectivity index (χ3n) is 3.52. The van der Waals surface area contributed by atoms with Crippen LogP contribution in [0.3, 0.4) is 0 Å². The van der Waals surface area contributed by atoms with Gasteiger partial charge in [0.05, 0.1) is 0 Å². The van der Waals surface area contributed by atoms with E-state index in [0.717, 1.165) is 12.1 Å². The molecule has 1 aliphatic heterocycles. The number of amides is 1. The number of halogens is 2. The van der Waals surface area contributed by atoms with Crippen molar-refractivity contribution < 1.29 is 18.4 Å². The van der Waals surface area contributed by atoms with Crippen molar-refractivity contribution in [2.75, 3.05) is 13.1 Å². The minimum Gasteiger partial charge on any atom is -0.343 e. The Balaban J connectivity index is 2.05. The molecule has 0 bridgehead atoms. The van der Waals surface area contributed by atoms with Crippen LogP contribution < -0.4 is 0 Å². The van der Waals surface area contributed by atoms with Gasteiger partial charge in [0.1, 0.15) is 0 Å². The van der Waals surface area contributed by atoms with Crippen LogP contribution in [-0.4, -0.2) is 29.7 Å². The van der Waals surface area contributed by atoms with Gasteiger partial charge < -0.3 is 4.90 Å². The molecule has 1 aromatic rings. The van der Waals surface area contributed by atoms with E-state index in [0.29, 0.717) is 25.9 Å². The van der Waals surface area contributed by atoms with Gasteiger partial charge in [-0.15, -0.1) is 0 Å². The number of hydrogen-bond acceptors (Lipinski definition) is 2. The van der Waals surface area contributed by atoms with Crippen molar-refractivity contribution >= 4 is 11.7 Å². The maximum absolute atomic E-state index is 13.1. The van der Waals surface area contributed by atoms with Crippen LogP contribution >= 0.6 is 0 Å². The fraction of sp³-hybridized carbons (Fsp3) is 0.429. The monoisotopic (exact) mass is 267 g/mol. The largest absolute Gasteiger partial charge is 0.343 e. The van der Waals surface area contributed by atoms with E-state index in [2.05, 4.69) is 0 Å². The van der Waals surface area contributed by atoms with Gasteiger partial charge in [-0.25, -0.2) is 8.78 Å². The second-order valence-electron chi connectivity index (χ2n) is 4.77. The van der Waals surface area contributed by atoms with Crippen LogP contribution in [0, 0.1) is 17.6 Å². The van der Waals surface area contributed by atoms with E-state index >= 15 is 0 Å². The predicted octanol–water partition coefficient (Wildman–Crippen LogP) is 2.41. The van der Waals surface area contributed by atoms with Gasteiger partial charge in [0.25, 0.3) is 0 Å². The van der Waals surface area contributed by atoms with Gasteiger partial charge in [0, 0.05) is 31.5 Å². The van der Waals surface area contributed by atoms with Crippen molar-refractivity contribution in [3.8, 4) is 0 Å². The Labute approximate surface area is 110 Å². The quantitative estimate of drug-likeness (QED) is 0.772. The second kappa shape index (κ2) is 5.47. The summed E-state index contributed by atoms with van der Waals surface area (Å²) in [7, 11) is 0. The number of carbonyl (C=O) groups excluding carboxylic acids is 2. The highest BCUT2D eigenvalue weighted by molar-refractivity contribution is 5.98. The standard InChI is InChI=1S/C14H15F2NO2/c1-9(18)17-6-4-10(5-7-17)14(19)11-2-3-12(15)13(16)8-11/h2-3,8,10H,4-7H2,1H3. The lowest BCUT2D eigenvalue weighted by atomic mass is 9.89. The average molecular weight is 267 g/mol. The van der Waals surface area contributed by atoms with E-state index < -0.39 is 11.6 Å². The minimum atomic E-state index is -1.01. The molecule has 1 heterocycles. The Hall–Kier alpha value is -1.78. The van der Waals surface area contributed by atoms with Crippen molar-refractivity contribution in [3.63, 3.8) is 0 Å². The van der Waals surface area contributed by atoms with Gasteiger partial charge in [0.2, 0.25) is 5.91 Å². The molecule has 0 unspecified atom stereocenters. The first-order valence-corrected chi connectivity index (χ1v) is 6.24. The van der Waals surface area contributed by atoms with Crippen LogP contribution in [0.2, 0.25) is 0 Å². The first-order valence-electron chi connectivity index (χ1n) is 6.24. The number of ketones is 1. The highest BCUT2D eigenvalue weighted by atomic mass is 19.2. The van der Waals surface area contributed by atoms with Crippen molar-refractivity contribution in [2.45, 2.75) is 19.8 Å². The number of Topliss-reactive ketones (excluding diaryl/α,β-unsaturated/α-hetero) is 1. The van der Waals surface area contributed by atoms with Gasteiger partial charge >= 0.3 is 0 Å². The molecule has 0 saturated carbocycles. The maximum Gasteiger partial charge on any atom is 0.219 e. The zero-order valence-corrected chi connectivity index (χ0v) is 10.7. The van der Waals surface area contributed by atoms with Crippen molar-refractivity contribution in [2.24, 2.45) is 5.92 Å². The van der Waals surface area contributed by atoms with E-state index in [4.69, 9.17) is 0 Å². The lowest BCUT2D eigenvalue weighted by Crippen LogP contribution is -2.39. The van der Waals surface area contributed by atoms with E-state index in [1.165, 1.54) is 13.0 Å². The topological polar surface area (TPSA) is 37.4 Å². The van der Waals surface area contributed by atoms with Crippen molar-refractivity contribution in [1.29, 1.82) is 0 Å². The summed E-state index contributed by atoms with van der Waals surface area (Å²) in [6.07, 6.45) is 1.13. The first kappa shape index (κ1) is 13.6. The number of likely N-dealkylation sites (tertiary alicyclic amines) is 1. The molecule has 5 heteroatoms. The molecule has 0 atom stereocenters. The average Bonchev–Trinajstić information content (AvgIpc) is 2.41. The molecule has 0 aromatic heterocycles. The maximum atomic E-state index is 13.1. The molecule has 2 rings (SSSR count).